The van der Waals surface area contributed by atoms with Crippen molar-refractivity contribution in [3.05, 3.63) is 52.5 Å². The van der Waals surface area contributed by atoms with Gasteiger partial charge in [0.1, 0.15) is 10.8 Å². The molecule has 0 atom stereocenters. The molecular formula is C15H14Cl2N4O. The molecule has 0 radical (unpaired) electrons. The first kappa shape index (κ1) is 15.1. The molecule has 0 unspecified atom stereocenters. The lowest BCUT2D eigenvalue weighted by Gasteiger charge is -2.36. The maximum Gasteiger partial charge on any atom is 0.274 e. The van der Waals surface area contributed by atoms with Crippen molar-refractivity contribution in [1.82, 2.24) is 14.9 Å². The molecule has 1 amide bonds. The number of anilines is 1. The van der Waals surface area contributed by atoms with E-state index in [1.807, 2.05) is 12.1 Å². The molecule has 7 heteroatoms. The first-order valence-electron chi connectivity index (χ1n) is 6.91. The molecule has 22 heavy (non-hydrogen) atoms. The molecule has 2 aromatic heterocycles. The Kier molecular flexibility index (Phi) is 4.45. The number of pyridine rings is 2. The fourth-order valence-electron chi connectivity index (χ4n) is 2.44. The number of carbonyl (C=O) groups is 1. The minimum atomic E-state index is -0.179. The molecular weight excluding hydrogens is 323 g/mol. The Hall–Kier alpha value is -1.85. The van der Waals surface area contributed by atoms with Crippen LogP contribution in [-0.4, -0.2) is 47.0 Å². The standard InChI is InChI=1S/C15H14Cl2N4O/c16-12-1-2-13(17)19-14(12)15(22)21-9-7-20(8-10-21)11-3-5-18-6-4-11/h1-6H,7-10H2. The Labute approximate surface area is 138 Å². The van der Waals surface area contributed by atoms with Crippen molar-refractivity contribution < 1.29 is 4.79 Å². The molecule has 3 heterocycles. The maximum atomic E-state index is 12.5. The molecule has 1 aliphatic heterocycles. The van der Waals surface area contributed by atoms with Crippen LogP contribution >= 0.6 is 23.2 Å². The Balaban J connectivity index is 1.68. The number of nitrogens with zero attached hydrogens (tertiary/aromatic N) is 4. The smallest absolute Gasteiger partial charge is 0.274 e. The van der Waals surface area contributed by atoms with Gasteiger partial charge in [-0.05, 0) is 24.3 Å². The van der Waals surface area contributed by atoms with Crippen molar-refractivity contribution in [3.8, 4) is 0 Å². The van der Waals surface area contributed by atoms with E-state index in [0.717, 1.165) is 18.8 Å². The number of amides is 1. The summed E-state index contributed by atoms with van der Waals surface area (Å²) in [4.78, 5) is 24.5. The molecule has 0 aliphatic carbocycles. The Morgan fingerprint density at radius 1 is 1.00 bits per heavy atom. The van der Waals surface area contributed by atoms with Gasteiger partial charge in [0.2, 0.25) is 0 Å². The topological polar surface area (TPSA) is 49.3 Å². The van der Waals surface area contributed by atoms with E-state index < -0.39 is 0 Å². The van der Waals surface area contributed by atoms with Crippen LogP contribution in [0.2, 0.25) is 10.2 Å². The summed E-state index contributed by atoms with van der Waals surface area (Å²) in [6.07, 6.45) is 3.53. The van der Waals surface area contributed by atoms with E-state index in [4.69, 9.17) is 23.2 Å². The number of carbonyl (C=O) groups excluding carboxylic acids is 1. The van der Waals surface area contributed by atoms with Crippen LogP contribution in [0.4, 0.5) is 5.69 Å². The lowest BCUT2D eigenvalue weighted by atomic mass is 10.2. The minimum absolute atomic E-state index is 0.179. The van der Waals surface area contributed by atoms with Crippen LogP contribution < -0.4 is 4.90 Å². The van der Waals surface area contributed by atoms with E-state index >= 15 is 0 Å². The zero-order chi connectivity index (χ0) is 15.5. The average Bonchev–Trinajstić information content (AvgIpc) is 2.57. The third-order valence-electron chi connectivity index (χ3n) is 3.61. The summed E-state index contributed by atoms with van der Waals surface area (Å²) in [6, 6.07) is 7.10. The molecule has 1 aliphatic rings. The highest BCUT2D eigenvalue weighted by atomic mass is 35.5. The number of rotatable bonds is 2. The van der Waals surface area contributed by atoms with Gasteiger partial charge in [0.05, 0.1) is 5.02 Å². The molecule has 2 aromatic rings. The Morgan fingerprint density at radius 3 is 2.36 bits per heavy atom. The number of piperazine rings is 1. The highest BCUT2D eigenvalue weighted by Gasteiger charge is 2.24. The average molecular weight is 337 g/mol. The van der Waals surface area contributed by atoms with Gasteiger partial charge in [-0.3, -0.25) is 9.78 Å². The van der Waals surface area contributed by atoms with E-state index in [0.29, 0.717) is 18.1 Å². The van der Waals surface area contributed by atoms with Gasteiger partial charge < -0.3 is 9.80 Å². The number of hydrogen-bond donors (Lipinski definition) is 0. The van der Waals surface area contributed by atoms with Crippen LogP contribution in [0.5, 0.6) is 0 Å². The fraction of sp³-hybridized carbons (Fsp3) is 0.267. The normalized spacial score (nSPS) is 15.0. The maximum absolute atomic E-state index is 12.5. The molecule has 5 nitrogen and oxygen atoms in total. The first-order valence-corrected chi connectivity index (χ1v) is 7.67. The van der Waals surface area contributed by atoms with Crippen LogP contribution in [0.1, 0.15) is 10.5 Å². The monoisotopic (exact) mass is 336 g/mol. The summed E-state index contributed by atoms with van der Waals surface area (Å²) >= 11 is 11.9. The summed E-state index contributed by atoms with van der Waals surface area (Å²) in [5, 5.41) is 0.592. The van der Waals surface area contributed by atoms with Crippen molar-refractivity contribution >= 4 is 34.8 Å². The molecule has 3 rings (SSSR count). The zero-order valence-corrected chi connectivity index (χ0v) is 13.3. The van der Waals surface area contributed by atoms with Crippen molar-refractivity contribution in [2.24, 2.45) is 0 Å². The molecule has 0 aromatic carbocycles. The van der Waals surface area contributed by atoms with Gasteiger partial charge in [-0.25, -0.2) is 4.98 Å². The molecule has 0 bridgehead atoms. The van der Waals surface area contributed by atoms with Gasteiger partial charge >= 0.3 is 0 Å². The second-order valence-electron chi connectivity index (χ2n) is 4.95. The van der Waals surface area contributed by atoms with E-state index in [2.05, 4.69) is 14.9 Å². The number of halogens is 2. The molecule has 1 saturated heterocycles. The molecule has 114 valence electrons. The van der Waals surface area contributed by atoms with E-state index in [1.165, 1.54) is 0 Å². The predicted molar refractivity (Wildman–Crippen MR) is 86.6 cm³/mol. The van der Waals surface area contributed by atoms with Crippen molar-refractivity contribution in [3.63, 3.8) is 0 Å². The lowest BCUT2D eigenvalue weighted by Crippen LogP contribution is -2.49. The van der Waals surface area contributed by atoms with Gasteiger partial charge in [0, 0.05) is 44.3 Å². The van der Waals surface area contributed by atoms with Crippen LogP contribution in [0.15, 0.2) is 36.7 Å². The second kappa shape index (κ2) is 6.50. The minimum Gasteiger partial charge on any atom is -0.368 e. The summed E-state index contributed by atoms with van der Waals surface area (Å²) in [5.41, 5.74) is 1.33. The SMILES string of the molecule is O=C(c1nc(Cl)ccc1Cl)N1CCN(c2ccncc2)CC1. The van der Waals surface area contributed by atoms with Crippen LogP contribution in [0.3, 0.4) is 0 Å². The highest BCUT2D eigenvalue weighted by molar-refractivity contribution is 6.34. The van der Waals surface area contributed by atoms with Gasteiger partial charge in [-0.2, -0.15) is 0 Å². The fourth-order valence-corrected chi connectivity index (χ4v) is 2.77. The largest absolute Gasteiger partial charge is 0.368 e. The number of hydrogen-bond acceptors (Lipinski definition) is 4. The summed E-state index contributed by atoms with van der Waals surface area (Å²) in [5.74, 6) is -0.179. The molecule has 0 spiro atoms. The van der Waals surface area contributed by atoms with Crippen LogP contribution in [-0.2, 0) is 0 Å². The summed E-state index contributed by atoms with van der Waals surface area (Å²) in [6.45, 7) is 2.75. The predicted octanol–water partition coefficient (Wildman–Crippen LogP) is 2.75. The third kappa shape index (κ3) is 3.15. The van der Waals surface area contributed by atoms with Crippen LogP contribution in [0.25, 0.3) is 0 Å². The highest BCUT2D eigenvalue weighted by Crippen LogP contribution is 2.20. The summed E-state index contributed by atoms with van der Waals surface area (Å²) < 4.78 is 0. The van der Waals surface area contributed by atoms with Gasteiger partial charge in [-0.1, -0.05) is 23.2 Å². The Morgan fingerprint density at radius 2 is 1.68 bits per heavy atom. The van der Waals surface area contributed by atoms with E-state index in [1.54, 1.807) is 29.4 Å². The van der Waals surface area contributed by atoms with Crippen LogP contribution in [0, 0.1) is 0 Å². The molecule has 1 fully saturated rings. The zero-order valence-electron chi connectivity index (χ0n) is 11.7. The van der Waals surface area contributed by atoms with Gasteiger partial charge in [0.25, 0.3) is 5.91 Å². The van der Waals surface area contributed by atoms with Crippen molar-refractivity contribution in [1.29, 1.82) is 0 Å². The molecule has 0 N–H and O–H groups in total. The van der Waals surface area contributed by atoms with Crippen molar-refractivity contribution in [2.45, 2.75) is 0 Å². The van der Waals surface area contributed by atoms with Gasteiger partial charge in [0.15, 0.2) is 0 Å². The third-order valence-corrected chi connectivity index (χ3v) is 4.12. The van der Waals surface area contributed by atoms with Gasteiger partial charge in [-0.15, -0.1) is 0 Å². The lowest BCUT2D eigenvalue weighted by molar-refractivity contribution is 0.0741. The second-order valence-corrected chi connectivity index (χ2v) is 5.74. The van der Waals surface area contributed by atoms with E-state index in [9.17, 15) is 4.79 Å². The quantitative estimate of drug-likeness (QED) is 0.791. The summed E-state index contributed by atoms with van der Waals surface area (Å²) in [7, 11) is 0. The molecule has 0 saturated carbocycles. The number of aromatic nitrogens is 2. The Bertz CT molecular complexity index is 672. The van der Waals surface area contributed by atoms with Crippen molar-refractivity contribution in [2.75, 3.05) is 31.1 Å². The first-order chi connectivity index (χ1) is 10.6. The van der Waals surface area contributed by atoms with E-state index in [-0.39, 0.29) is 16.8 Å².